The maximum absolute atomic E-state index is 9.90. The molecule has 0 saturated carbocycles. The number of carbonyl (C=O) groups excluding carboxylic acids is 6. The number of esters is 1. The van der Waals surface area contributed by atoms with E-state index in [1.165, 1.54) is 27.1 Å². The number of halogens is 2. The van der Waals surface area contributed by atoms with Crippen LogP contribution >= 0.6 is 31.9 Å². The third-order valence-electron chi connectivity index (χ3n) is 2.07. The Balaban J connectivity index is -0.0000000177. The number of aliphatic hydroxyl groups excluding tert-OH is 1. The molecule has 0 atom stereocenters. The summed E-state index contributed by atoms with van der Waals surface area (Å²) in [4.78, 5) is 105. The van der Waals surface area contributed by atoms with Gasteiger partial charge in [0.15, 0.2) is 5.78 Å². The van der Waals surface area contributed by atoms with E-state index in [2.05, 4.69) is 115 Å². The molecule has 6 radical (unpaired) electrons. The molecule has 0 bridgehead atoms. The largest absolute Gasteiger partial charge is 0.665 e. The number of hydrogen-bond donors (Lipinski definition) is 8. The molecule has 0 saturated heterocycles. The molecular formula is C40H76Br2N6O16Y6-12. The minimum atomic E-state index is -0.833. The molecule has 12 N–H and O–H groups in total. The van der Waals surface area contributed by atoms with Gasteiger partial charge in [0.25, 0.3) is 23.9 Å². The van der Waals surface area contributed by atoms with Crippen LogP contribution in [0.2, 0.25) is 0 Å². The van der Waals surface area contributed by atoms with Crippen LogP contribution in [0.3, 0.4) is 0 Å². The fourth-order valence-corrected chi connectivity index (χ4v) is 0.842. The molecule has 2 aromatic rings. The standard InChI is InChI=1S/2C4H5N2.2C4H5O3.C3H5BrO.C2H2BrO.3C2H4O2.6C2H5.CHO2.2H3N.6Y/c1-4-2-5-3-6-4;1-4-5-2-3-6-4;1-4(6)2-7-3-5;1-4(6)7-3-2-5;1-3(5)2-4;3-1-2-4;3*1-2(3)4;6*1-2;2-1-3;;;;;;;;/h2*2H,1H3,(H,5,6);2H2,1H3;3H2,1H3;2H2,1H3;1H2;3*1H3,(H,3,4);6*1H2,2H3;(H,2,3);2*1H3;;;;;;/q4*-1;;-1;;;;7*-1;;;;;;;;. The van der Waals surface area contributed by atoms with Crippen LogP contribution in [0, 0.1) is 67.9 Å². The summed E-state index contributed by atoms with van der Waals surface area (Å²) in [6, 6.07) is 0. The number of Topliss-reactive ketones (excluding diaryl/α,β-unsaturated/α-hetero) is 2. The summed E-state index contributed by atoms with van der Waals surface area (Å²) in [6.45, 7) is 42.4. The van der Waals surface area contributed by atoms with Crippen molar-refractivity contribution in [2.24, 2.45) is 0 Å². The molecule has 2 rings (SSSR count). The van der Waals surface area contributed by atoms with E-state index in [-0.39, 0.29) is 233 Å². The fraction of sp³-hybridized carbons (Fsp3) is 0.450. The van der Waals surface area contributed by atoms with Crippen molar-refractivity contribution in [3.63, 3.8) is 0 Å². The third-order valence-corrected chi connectivity index (χ3v) is 3.08. The zero-order chi connectivity index (χ0) is 53.3. The van der Waals surface area contributed by atoms with Crippen LogP contribution in [0.25, 0.3) is 0 Å². The number of nitrogens with one attached hydrogen (secondary N) is 2. The summed E-state index contributed by atoms with van der Waals surface area (Å²) in [7, 11) is 0. The van der Waals surface area contributed by atoms with Gasteiger partial charge in [-0.3, -0.25) is 35.1 Å². The van der Waals surface area contributed by atoms with E-state index in [9.17, 15) is 24.0 Å². The number of aromatic nitrogens is 4. The first-order valence-corrected chi connectivity index (χ1v) is 18.9. The van der Waals surface area contributed by atoms with E-state index in [1.54, 1.807) is 60.2 Å². The molecule has 0 amide bonds. The number of ketones is 2. The Morgan fingerprint density at radius 3 is 1.00 bits per heavy atom. The molecule has 0 spiro atoms. The summed E-state index contributed by atoms with van der Waals surface area (Å²) in [5.74, 6) is -2.05. The maximum atomic E-state index is 9.90. The molecule has 0 aliphatic heterocycles. The first-order chi connectivity index (χ1) is 29.1. The van der Waals surface area contributed by atoms with Crippen molar-refractivity contribution in [3.05, 3.63) is 78.0 Å². The number of hydrogen-bond acceptors (Lipinski definition) is 16. The Labute approximate surface area is 588 Å². The second-order valence-corrected chi connectivity index (χ2v) is 8.18. The molecule has 0 aromatic carbocycles. The van der Waals surface area contributed by atoms with E-state index in [0.29, 0.717) is 17.1 Å². The monoisotopic (exact) mass is 1590 g/mol. The number of imidazole rings is 2. The van der Waals surface area contributed by atoms with Gasteiger partial charge in [-0.05, 0) is 26.8 Å². The Kier molecular flexibility index (Phi) is 373. The smallest absolute Gasteiger partial charge is 0.300 e. The van der Waals surface area contributed by atoms with E-state index < -0.39 is 23.9 Å². The van der Waals surface area contributed by atoms with Crippen LogP contribution in [-0.4, -0.2) is 125 Å². The maximum Gasteiger partial charge on any atom is 0.300 e. The second-order valence-electron chi connectivity index (χ2n) is 7.05. The number of rotatable bonds is 7. The van der Waals surface area contributed by atoms with Gasteiger partial charge in [-0.15, -0.1) is 34.0 Å². The molecule has 0 aliphatic rings. The van der Waals surface area contributed by atoms with Gasteiger partial charge in [-0.1, -0.05) is 60.1 Å². The molecule has 2 aromatic heterocycles. The summed E-state index contributed by atoms with van der Waals surface area (Å²) < 4.78 is 8.07. The summed E-state index contributed by atoms with van der Waals surface area (Å²) in [5.41, 5.74) is 1.05. The van der Waals surface area contributed by atoms with Crippen LogP contribution in [0.5, 0.6) is 0 Å². The SMILES string of the molecule is CC(=O)CBr.CC(=O)CO[C-]=O.CC(=O)O.CC(=O)O.CC(=O)O.CC(=O)OC[C-]=O.Cc1cn[c-][nH]1.Cc1n[c-]c[nH]1.N.N.O=[C-]CBr.O=[C-]O.[CH2-]C.[CH2-]C.[CH2-]C.[CH2-]C.[CH2-]C.[CH2-]C.[Y].[Y].[Y].[Y].[Y].[Y]. The molecule has 2 heterocycles. The number of aryl methyl sites for hydroxylation is 2. The molecule has 406 valence electrons. The molecular weight excluding hydrogens is 1510 g/mol. The Morgan fingerprint density at radius 2 is 0.943 bits per heavy atom. The van der Waals surface area contributed by atoms with E-state index in [0.717, 1.165) is 38.8 Å². The minimum Gasteiger partial charge on any atom is -0.665 e. The van der Waals surface area contributed by atoms with Crippen LogP contribution in [0.15, 0.2) is 12.4 Å². The summed E-state index contributed by atoms with van der Waals surface area (Å²) in [6.07, 6.45) is 11.6. The molecule has 30 heteroatoms. The van der Waals surface area contributed by atoms with Gasteiger partial charge >= 0.3 is 0 Å². The Morgan fingerprint density at radius 1 is 0.657 bits per heavy atom. The third kappa shape index (κ3) is 466. The first kappa shape index (κ1) is 145. The molecule has 0 aliphatic carbocycles. The van der Waals surface area contributed by atoms with Crippen molar-refractivity contribution in [1.29, 1.82) is 0 Å². The number of carbonyl (C=O) groups is 6. The number of aromatic amines is 2. The molecule has 0 unspecified atom stereocenters. The number of ether oxygens (including phenoxy) is 2. The molecule has 70 heavy (non-hydrogen) atoms. The zero-order valence-corrected chi connectivity index (χ0v) is 63.6. The van der Waals surface area contributed by atoms with E-state index in [1.807, 2.05) is 13.8 Å². The minimum absolute atomic E-state index is 0. The number of nitrogens with zero attached hydrogens (tertiary/aromatic N) is 2. The van der Waals surface area contributed by atoms with Crippen molar-refractivity contribution >= 4 is 92.8 Å². The van der Waals surface area contributed by atoms with Crippen LogP contribution in [0.1, 0.15) is 94.6 Å². The van der Waals surface area contributed by atoms with Gasteiger partial charge in [0.2, 0.25) is 0 Å². The van der Waals surface area contributed by atoms with Crippen molar-refractivity contribution < 1.29 is 274 Å². The average molecular weight is 1590 g/mol. The predicted octanol–water partition coefficient (Wildman–Crippen LogP) is 7.05. The fourth-order valence-electron chi connectivity index (χ4n) is 0.842. The summed E-state index contributed by atoms with van der Waals surface area (Å²) in [5, 5.41) is 29.8. The quantitative estimate of drug-likeness (QED) is 0.0781. The number of alkyl halides is 2. The van der Waals surface area contributed by atoms with Crippen LogP contribution < -0.4 is 12.3 Å². The zero-order valence-electron chi connectivity index (χ0n) is 43.4. The normalized spacial score (nSPS) is 5.69. The van der Waals surface area contributed by atoms with Crippen LogP contribution in [-0.2, 0) is 254 Å². The van der Waals surface area contributed by atoms with Crippen molar-refractivity contribution in [2.75, 3.05) is 23.9 Å². The Hall–Kier alpha value is 1.42. The predicted molar refractivity (Wildman–Crippen MR) is 257 cm³/mol. The Bertz CT molecular complexity index is 1050. The topological polar surface area (TPSA) is 397 Å². The first-order valence-electron chi connectivity index (χ1n) is 16.7. The van der Waals surface area contributed by atoms with Gasteiger partial charge in [-0.2, -0.15) is 41.5 Å². The van der Waals surface area contributed by atoms with Gasteiger partial charge in [0.05, 0.1) is 5.33 Å². The van der Waals surface area contributed by atoms with Gasteiger partial charge in [0, 0.05) is 224 Å². The van der Waals surface area contributed by atoms with Gasteiger partial charge < -0.3 is 123 Å². The van der Waals surface area contributed by atoms with E-state index in [4.69, 9.17) is 44.4 Å². The number of aliphatic carboxylic acids is 3. The van der Waals surface area contributed by atoms with Gasteiger partial charge in [0.1, 0.15) is 12.4 Å². The second kappa shape index (κ2) is 180. The van der Waals surface area contributed by atoms with Crippen molar-refractivity contribution in [2.45, 2.75) is 96.9 Å². The van der Waals surface area contributed by atoms with Crippen LogP contribution in [0.4, 0.5) is 0 Å². The van der Waals surface area contributed by atoms with Crippen molar-refractivity contribution in [1.82, 2.24) is 32.2 Å². The number of carboxylic acid groups (broad SMARTS) is 3. The molecule has 0 fully saturated rings. The van der Waals surface area contributed by atoms with E-state index >= 15 is 0 Å². The average Bonchev–Trinajstić information content (AvgIpc) is 3.94. The number of carboxylic acids is 3. The van der Waals surface area contributed by atoms with Gasteiger partial charge in [-0.25, -0.2) is 6.29 Å². The summed E-state index contributed by atoms with van der Waals surface area (Å²) >= 11 is 5.79. The molecule has 22 nitrogen and oxygen atoms in total. The number of H-pyrrole nitrogens is 2. The van der Waals surface area contributed by atoms with Crippen molar-refractivity contribution in [3.8, 4) is 0 Å².